The normalized spacial score (nSPS) is 56.8. The third-order valence-electron chi connectivity index (χ3n) is 5.12. The van der Waals surface area contributed by atoms with Crippen LogP contribution in [-0.2, 0) is 23.7 Å². The summed E-state index contributed by atoms with van der Waals surface area (Å²) < 4.78 is 28.5. The highest BCUT2D eigenvalue weighted by Crippen LogP contribution is 2.53. The zero-order chi connectivity index (χ0) is 12.4. The molecule has 5 rings (SSSR count). The SMILES string of the molecule is C1OC1COC1C2CC3OC3C(C2)C1OCC1CO1. The van der Waals surface area contributed by atoms with Gasteiger partial charge in [-0.2, -0.15) is 0 Å². The van der Waals surface area contributed by atoms with Gasteiger partial charge in [0.1, 0.15) is 12.2 Å². The molecule has 3 saturated heterocycles. The van der Waals surface area contributed by atoms with Crippen LogP contribution in [0.15, 0.2) is 0 Å². The van der Waals surface area contributed by atoms with E-state index in [-0.39, 0.29) is 12.2 Å². The van der Waals surface area contributed by atoms with Gasteiger partial charge in [0.05, 0.1) is 50.8 Å². The Balaban J connectivity index is 1.28. The topological polar surface area (TPSA) is 56.0 Å². The Labute approximate surface area is 112 Å². The molecule has 2 aliphatic carbocycles. The van der Waals surface area contributed by atoms with Crippen molar-refractivity contribution in [2.75, 3.05) is 26.4 Å². The minimum Gasteiger partial charge on any atom is -0.372 e. The third-order valence-corrected chi connectivity index (χ3v) is 5.12. The first kappa shape index (κ1) is 11.5. The quantitative estimate of drug-likeness (QED) is 0.651. The van der Waals surface area contributed by atoms with Crippen molar-refractivity contribution in [3.8, 4) is 0 Å². The molecule has 2 saturated carbocycles. The first-order chi connectivity index (χ1) is 9.38. The molecule has 0 aromatic rings. The number of hydrogen-bond acceptors (Lipinski definition) is 5. The van der Waals surface area contributed by atoms with Gasteiger partial charge in [-0.05, 0) is 18.8 Å². The first-order valence-electron chi connectivity index (χ1n) is 7.50. The van der Waals surface area contributed by atoms with Gasteiger partial charge < -0.3 is 23.7 Å². The Hall–Kier alpha value is -0.200. The molecular formula is C14H20O5. The third kappa shape index (κ3) is 2.12. The summed E-state index contributed by atoms with van der Waals surface area (Å²) in [5, 5.41) is 0. The summed E-state index contributed by atoms with van der Waals surface area (Å²) in [6.45, 7) is 3.15. The standard InChI is InChI=1S/C14H20O5/c1-7-2-11-13(19-11)10(1)14(18-6-9-4-16-9)12(7)17-5-8-3-15-8/h7-14H,1-6H2. The molecule has 5 aliphatic rings. The van der Waals surface area contributed by atoms with Crippen LogP contribution in [0.4, 0.5) is 0 Å². The monoisotopic (exact) mass is 268 g/mol. The predicted molar refractivity (Wildman–Crippen MR) is 63.8 cm³/mol. The number of ether oxygens (including phenoxy) is 5. The van der Waals surface area contributed by atoms with E-state index >= 15 is 0 Å². The molecule has 19 heavy (non-hydrogen) atoms. The van der Waals surface area contributed by atoms with Crippen molar-refractivity contribution in [3.63, 3.8) is 0 Å². The molecule has 106 valence electrons. The molecule has 3 aliphatic heterocycles. The van der Waals surface area contributed by atoms with Crippen molar-refractivity contribution >= 4 is 0 Å². The number of epoxide rings is 3. The van der Waals surface area contributed by atoms with Crippen molar-refractivity contribution in [2.45, 2.75) is 49.5 Å². The van der Waals surface area contributed by atoms with Crippen LogP contribution in [0.5, 0.6) is 0 Å². The van der Waals surface area contributed by atoms with Crippen LogP contribution in [0.25, 0.3) is 0 Å². The predicted octanol–water partition coefficient (Wildman–Crippen LogP) is 0.362. The van der Waals surface area contributed by atoms with Gasteiger partial charge in [-0.1, -0.05) is 0 Å². The summed E-state index contributed by atoms with van der Waals surface area (Å²) in [7, 11) is 0. The zero-order valence-corrected chi connectivity index (χ0v) is 10.9. The van der Waals surface area contributed by atoms with E-state index in [1.165, 1.54) is 6.42 Å². The van der Waals surface area contributed by atoms with Gasteiger partial charge >= 0.3 is 0 Å². The van der Waals surface area contributed by atoms with E-state index in [0.29, 0.717) is 42.9 Å². The van der Waals surface area contributed by atoms with Gasteiger partial charge in [0.15, 0.2) is 0 Å². The maximum absolute atomic E-state index is 6.13. The zero-order valence-electron chi connectivity index (χ0n) is 10.9. The second-order valence-corrected chi connectivity index (χ2v) is 6.54. The molecule has 0 amide bonds. The van der Waals surface area contributed by atoms with Gasteiger partial charge in [-0.15, -0.1) is 0 Å². The summed E-state index contributed by atoms with van der Waals surface area (Å²) in [4.78, 5) is 0. The second-order valence-electron chi connectivity index (χ2n) is 6.54. The number of rotatable bonds is 6. The van der Waals surface area contributed by atoms with Gasteiger partial charge in [0.25, 0.3) is 0 Å². The first-order valence-corrected chi connectivity index (χ1v) is 7.50. The Bertz CT molecular complexity index is 367. The van der Waals surface area contributed by atoms with Crippen LogP contribution in [-0.4, -0.2) is 63.1 Å². The van der Waals surface area contributed by atoms with Crippen molar-refractivity contribution < 1.29 is 23.7 Å². The molecule has 2 bridgehead atoms. The molecule has 8 atom stereocenters. The lowest BCUT2D eigenvalue weighted by Crippen LogP contribution is -2.36. The Morgan fingerprint density at radius 2 is 1.58 bits per heavy atom. The lowest BCUT2D eigenvalue weighted by atomic mass is 9.89. The van der Waals surface area contributed by atoms with E-state index in [1.807, 2.05) is 0 Å². The fourth-order valence-corrected chi connectivity index (χ4v) is 3.92. The average Bonchev–Trinajstić information content (AvgIpc) is 3.25. The maximum atomic E-state index is 6.13. The summed E-state index contributed by atoms with van der Waals surface area (Å²) in [6.07, 6.45) is 4.37. The molecule has 0 radical (unpaired) electrons. The van der Waals surface area contributed by atoms with Crippen LogP contribution >= 0.6 is 0 Å². The highest BCUT2D eigenvalue weighted by atomic mass is 16.6. The minimum atomic E-state index is 0.199. The van der Waals surface area contributed by atoms with Crippen LogP contribution in [0.1, 0.15) is 12.8 Å². The summed E-state index contributed by atoms with van der Waals surface area (Å²) in [5.41, 5.74) is 0. The molecule has 0 N–H and O–H groups in total. The molecule has 5 fully saturated rings. The van der Waals surface area contributed by atoms with Crippen LogP contribution < -0.4 is 0 Å². The molecule has 0 aromatic heterocycles. The van der Waals surface area contributed by atoms with E-state index in [1.54, 1.807) is 0 Å². The van der Waals surface area contributed by atoms with Gasteiger partial charge in [-0.25, -0.2) is 0 Å². The van der Waals surface area contributed by atoms with E-state index < -0.39 is 0 Å². The Morgan fingerprint density at radius 1 is 0.895 bits per heavy atom. The van der Waals surface area contributed by atoms with Crippen LogP contribution in [0, 0.1) is 11.8 Å². The Kier molecular flexibility index (Phi) is 2.50. The van der Waals surface area contributed by atoms with Crippen LogP contribution in [0.2, 0.25) is 0 Å². The average molecular weight is 268 g/mol. The smallest absolute Gasteiger partial charge is 0.104 e. The lowest BCUT2D eigenvalue weighted by Gasteiger charge is -2.25. The lowest BCUT2D eigenvalue weighted by molar-refractivity contribution is -0.0912. The molecule has 0 aromatic carbocycles. The number of fused-ring (bicyclic) bond motifs is 4. The fourth-order valence-electron chi connectivity index (χ4n) is 3.92. The summed E-state index contributed by atoms with van der Waals surface area (Å²) >= 11 is 0. The van der Waals surface area contributed by atoms with Gasteiger partial charge in [0.2, 0.25) is 0 Å². The van der Waals surface area contributed by atoms with Gasteiger partial charge in [-0.3, -0.25) is 0 Å². The van der Waals surface area contributed by atoms with Crippen molar-refractivity contribution in [2.24, 2.45) is 11.8 Å². The Morgan fingerprint density at radius 3 is 2.26 bits per heavy atom. The van der Waals surface area contributed by atoms with E-state index in [2.05, 4.69) is 0 Å². The van der Waals surface area contributed by atoms with Crippen molar-refractivity contribution in [1.82, 2.24) is 0 Å². The highest BCUT2D eigenvalue weighted by molar-refractivity contribution is 5.09. The largest absolute Gasteiger partial charge is 0.372 e. The summed E-state index contributed by atoms with van der Waals surface area (Å²) in [6, 6.07) is 0. The van der Waals surface area contributed by atoms with Crippen LogP contribution in [0.3, 0.4) is 0 Å². The molecule has 3 heterocycles. The number of hydrogen-bond donors (Lipinski definition) is 0. The molecular weight excluding hydrogens is 248 g/mol. The van der Waals surface area contributed by atoms with Crippen molar-refractivity contribution in [3.05, 3.63) is 0 Å². The molecule has 5 nitrogen and oxygen atoms in total. The summed E-state index contributed by atoms with van der Waals surface area (Å²) in [5.74, 6) is 1.14. The van der Waals surface area contributed by atoms with E-state index in [9.17, 15) is 0 Å². The van der Waals surface area contributed by atoms with E-state index in [4.69, 9.17) is 23.7 Å². The minimum absolute atomic E-state index is 0.199. The van der Waals surface area contributed by atoms with Gasteiger partial charge in [0, 0.05) is 5.92 Å². The molecule has 0 spiro atoms. The van der Waals surface area contributed by atoms with E-state index in [0.717, 1.165) is 26.2 Å². The van der Waals surface area contributed by atoms with Crippen molar-refractivity contribution in [1.29, 1.82) is 0 Å². The second kappa shape index (κ2) is 4.15. The fraction of sp³-hybridized carbons (Fsp3) is 1.00. The highest BCUT2D eigenvalue weighted by Gasteiger charge is 2.61. The maximum Gasteiger partial charge on any atom is 0.104 e. The molecule has 8 unspecified atom stereocenters. The molecule has 5 heteroatoms.